The smallest absolute Gasteiger partial charge is 0.227 e. The van der Waals surface area contributed by atoms with E-state index in [9.17, 15) is 0 Å². The third-order valence-electron chi connectivity index (χ3n) is 9.16. The van der Waals surface area contributed by atoms with Crippen LogP contribution in [0.1, 0.15) is 0 Å². The Hall–Kier alpha value is -6.50. The minimum atomic E-state index is 0.538. The average molecular weight is 659 g/mol. The van der Waals surface area contributed by atoms with E-state index < -0.39 is 0 Å². The quantitative estimate of drug-likeness (QED) is 0.184. The Bertz CT molecular complexity index is 2880. The second-order valence-corrected chi connectivity index (χ2v) is 13.3. The van der Waals surface area contributed by atoms with Crippen molar-refractivity contribution in [2.24, 2.45) is 0 Å². The standard InChI is InChI=1S/C44H26N4OS/c1-3-14-28(15-4-1)32-19-9-10-20-33(32)42-46-41(31-24-23-27-13-7-8-18-30(27)25-31)47-43(48-42)39-38-34-21-11-12-22-36(34)50-37(38)26-35-40(39)49-44(45-35)29-16-5-2-6-17-29/h1-26H. The third-order valence-corrected chi connectivity index (χ3v) is 10.3. The number of hydrogen-bond donors (Lipinski definition) is 0. The Morgan fingerprint density at radius 2 is 1.10 bits per heavy atom. The summed E-state index contributed by atoms with van der Waals surface area (Å²) in [6.07, 6.45) is 0. The number of hydrogen-bond acceptors (Lipinski definition) is 6. The first-order valence-electron chi connectivity index (χ1n) is 16.5. The minimum Gasteiger partial charge on any atom is -0.435 e. The lowest BCUT2D eigenvalue weighted by atomic mass is 9.99. The van der Waals surface area contributed by atoms with Gasteiger partial charge in [-0.15, -0.1) is 11.3 Å². The first-order valence-corrected chi connectivity index (χ1v) is 17.3. The largest absolute Gasteiger partial charge is 0.435 e. The Balaban J connectivity index is 1.31. The molecule has 7 aromatic carbocycles. The van der Waals surface area contributed by atoms with Crippen molar-refractivity contribution in [1.29, 1.82) is 0 Å². The summed E-state index contributed by atoms with van der Waals surface area (Å²) in [5, 5.41) is 4.45. The molecule has 234 valence electrons. The molecule has 3 aromatic heterocycles. The minimum absolute atomic E-state index is 0.538. The SMILES string of the molecule is c1ccc(-c2nc3cc4sc5ccccc5c4c(-c4nc(-c5ccc6ccccc6c5)nc(-c5ccccc5-c5ccccc5)n4)c3o2)cc1. The molecule has 0 fully saturated rings. The molecule has 0 amide bonds. The Labute approximate surface area is 291 Å². The Morgan fingerprint density at radius 3 is 1.94 bits per heavy atom. The van der Waals surface area contributed by atoms with Gasteiger partial charge in [0.05, 0.1) is 5.56 Å². The van der Waals surface area contributed by atoms with Gasteiger partial charge in [0, 0.05) is 36.9 Å². The highest BCUT2D eigenvalue weighted by atomic mass is 32.1. The Morgan fingerprint density at radius 1 is 0.440 bits per heavy atom. The van der Waals surface area contributed by atoms with Crippen LogP contribution in [0, 0.1) is 0 Å². The molecule has 0 radical (unpaired) electrons. The van der Waals surface area contributed by atoms with Gasteiger partial charge in [-0.05, 0) is 52.2 Å². The molecule has 0 aliphatic heterocycles. The van der Waals surface area contributed by atoms with Crippen molar-refractivity contribution < 1.29 is 4.42 Å². The fraction of sp³-hybridized carbons (Fsp3) is 0. The molecule has 3 heterocycles. The van der Waals surface area contributed by atoms with Crippen LogP contribution in [-0.2, 0) is 0 Å². The van der Waals surface area contributed by atoms with E-state index in [0.717, 1.165) is 65.1 Å². The maximum Gasteiger partial charge on any atom is 0.227 e. The predicted molar refractivity (Wildman–Crippen MR) is 205 cm³/mol. The van der Waals surface area contributed by atoms with Crippen LogP contribution in [0.5, 0.6) is 0 Å². The van der Waals surface area contributed by atoms with Crippen LogP contribution in [0.3, 0.4) is 0 Å². The van der Waals surface area contributed by atoms with E-state index in [1.54, 1.807) is 11.3 Å². The van der Waals surface area contributed by atoms with E-state index in [1.165, 1.54) is 4.70 Å². The summed E-state index contributed by atoms with van der Waals surface area (Å²) in [6.45, 7) is 0. The van der Waals surface area contributed by atoms with Gasteiger partial charge in [-0.1, -0.05) is 127 Å². The second-order valence-electron chi connectivity index (χ2n) is 12.2. The highest BCUT2D eigenvalue weighted by Crippen LogP contribution is 2.45. The summed E-state index contributed by atoms with van der Waals surface area (Å²) >= 11 is 1.74. The summed E-state index contributed by atoms with van der Waals surface area (Å²) in [5.41, 5.74) is 7.10. The van der Waals surface area contributed by atoms with Gasteiger partial charge >= 0.3 is 0 Å². The van der Waals surface area contributed by atoms with Crippen molar-refractivity contribution in [2.75, 3.05) is 0 Å². The molecule has 0 spiro atoms. The topological polar surface area (TPSA) is 64.7 Å². The van der Waals surface area contributed by atoms with Gasteiger partial charge in [-0.2, -0.15) is 0 Å². The first-order chi connectivity index (χ1) is 24.8. The molecule has 0 N–H and O–H groups in total. The van der Waals surface area contributed by atoms with Gasteiger partial charge in [0.15, 0.2) is 23.1 Å². The van der Waals surface area contributed by atoms with Crippen LogP contribution in [0.25, 0.3) is 98.8 Å². The number of fused-ring (bicyclic) bond motifs is 5. The molecule has 0 saturated heterocycles. The molecule has 10 aromatic rings. The van der Waals surface area contributed by atoms with E-state index >= 15 is 0 Å². The van der Waals surface area contributed by atoms with E-state index in [0.29, 0.717) is 28.9 Å². The average Bonchev–Trinajstić information content (AvgIpc) is 3.78. The van der Waals surface area contributed by atoms with Crippen molar-refractivity contribution in [3.05, 3.63) is 158 Å². The summed E-state index contributed by atoms with van der Waals surface area (Å²) in [6, 6.07) is 54.0. The van der Waals surface area contributed by atoms with Crippen LogP contribution in [0.15, 0.2) is 162 Å². The molecule has 10 rings (SSSR count). The predicted octanol–water partition coefficient (Wildman–Crippen LogP) is 11.9. The molecule has 0 bridgehead atoms. The third kappa shape index (κ3) is 4.77. The van der Waals surface area contributed by atoms with E-state index in [2.05, 4.69) is 115 Å². The fourth-order valence-electron chi connectivity index (χ4n) is 6.80. The normalized spacial score (nSPS) is 11.6. The first kappa shape index (κ1) is 28.5. The van der Waals surface area contributed by atoms with Crippen LogP contribution in [0.2, 0.25) is 0 Å². The van der Waals surface area contributed by atoms with Crippen LogP contribution in [-0.4, -0.2) is 19.9 Å². The van der Waals surface area contributed by atoms with Crippen LogP contribution in [0.4, 0.5) is 0 Å². The molecule has 5 nitrogen and oxygen atoms in total. The van der Waals surface area contributed by atoms with Crippen molar-refractivity contribution in [1.82, 2.24) is 19.9 Å². The molecule has 50 heavy (non-hydrogen) atoms. The molecule has 0 unspecified atom stereocenters. The van der Waals surface area contributed by atoms with Gasteiger partial charge < -0.3 is 4.42 Å². The Kier molecular flexibility index (Phi) is 6.60. The molecular weight excluding hydrogens is 633 g/mol. The summed E-state index contributed by atoms with van der Waals surface area (Å²) in [7, 11) is 0. The fourth-order valence-corrected chi connectivity index (χ4v) is 7.95. The molecular formula is C44H26N4OS. The van der Waals surface area contributed by atoms with Gasteiger partial charge in [-0.25, -0.2) is 19.9 Å². The molecule has 0 atom stereocenters. The van der Waals surface area contributed by atoms with E-state index in [1.807, 2.05) is 42.5 Å². The van der Waals surface area contributed by atoms with E-state index in [-0.39, 0.29) is 0 Å². The number of oxazole rings is 1. The van der Waals surface area contributed by atoms with Crippen LogP contribution < -0.4 is 0 Å². The van der Waals surface area contributed by atoms with Gasteiger partial charge in [0.25, 0.3) is 0 Å². The molecule has 6 heteroatoms. The number of nitrogens with zero attached hydrogens (tertiary/aromatic N) is 4. The number of aromatic nitrogens is 4. The second kappa shape index (κ2) is 11.6. The lowest BCUT2D eigenvalue weighted by molar-refractivity contribution is 0.621. The lowest BCUT2D eigenvalue weighted by Crippen LogP contribution is -2.01. The van der Waals surface area contributed by atoms with Crippen molar-refractivity contribution >= 4 is 53.4 Å². The molecule has 0 aliphatic rings. The lowest BCUT2D eigenvalue weighted by Gasteiger charge is -2.13. The van der Waals surface area contributed by atoms with Gasteiger partial charge in [-0.3, -0.25) is 0 Å². The maximum absolute atomic E-state index is 6.70. The van der Waals surface area contributed by atoms with Crippen molar-refractivity contribution in [3.63, 3.8) is 0 Å². The number of rotatable bonds is 5. The van der Waals surface area contributed by atoms with Crippen LogP contribution >= 0.6 is 11.3 Å². The zero-order valence-electron chi connectivity index (χ0n) is 26.6. The maximum atomic E-state index is 6.70. The van der Waals surface area contributed by atoms with Gasteiger partial charge in [0.2, 0.25) is 5.89 Å². The molecule has 0 saturated carbocycles. The summed E-state index contributed by atoms with van der Waals surface area (Å²) < 4.78 is 8.98. The highest BCUT2D eigenvalue weighted by Gasteiger charge is 2.24. The van der Waals surface area contributed by atoms with Crippen molar-refractivity contribution in [3.8, 4) is 56.7 Å². The monoisotopic (exact) mass is 658 g/mol. The highest BCUT2D eigenvalue weighted by molar-refractivity contribution is 7.26. The molecule has 0 aliphatic carbocycles. The zero-order chi connectivity index (χ0) is 33.0. The number of benzene rings is 7. The van der Waals surface area contributed by atoms with Gasteiger partial charge in [0.1, 0.15) is 5.52 Å². The summed E-state index contributed by atoms with van der Waals surface area (Å²) in [4.78, 5) is 20.8. The van der Waals surface area contributed by atoms with E-state index in [4.69, 9.17) is 24.4 Å². The zero-order valence-corrected chi connectivity index (χ0v) is 27.4. The van der Waals surface area contributed by atoms with Crippen molar-refractivity contribution in [2.45, 2.75) is 0 Å². The summed E-state index contributed by atoms with van der Waals surface area (Å²) in [5.74, 6) is 2.27. The number of thiophene rings is 1.